The largest absolute Gasteiger partial charge is 0.381 e. The van der Waals surface area contributed by atoms with E-state index in [4.69, 9.17) is 4.74 Å². The van der Waals surface area contributed by atoms with E-state index in [-0.39, 0.29) is 0 Å². The SMILES string of the molecule is C1CCOC1.Cc1ccccc1C. The van der Waals surface area contributed by atoms with Gasteiger partial charge in [-0.2, -0.15) is 0 Å². The predicted octanol–water partition coefficient (Wildman–Crippen LogP) is 3.10. The van der Waals surface area contributed by atoms with Crippen LogP contribution in [0.2, 0.25) is 0 Å². The average Bonchev–Trinajstić information content (AvgIpc) is 2.68. The minimum absolute atomic E-state index is 1.00. The van der Waals surface area contributed by atoms with Crippen molar-refractivity contribution in [3.63, 3.8) is 0 Å². The summed E-state index contributed by atoms with van der Waals surface area (Å²) in [6, 6.07) is 8.36. The van der Waals surface area contributed by atoms with Gasteiger partial charge in [-0.05, 0) is 37.8 Å². The second-order valence-corrected chi connectivity index (χ2v) is 3.40. The molecule has 1 aromatic rings. The van der Waals surface area contributed by atoms with Gasteiger partial charge in [0.15, 0.2) is 0 Å². The van der Waals surface area contributed by atoms with Gasteiger partial charge in [0, 0.05) is 13.2 Å². The fourth-order valence-corrected chi connectivity index (χ4v) is 1.17. The molecule has 1 heteroatoms. The van der Waals surface area contributed by atoms with Crippen molar-refractivity contribution in [3.8, 4) is 0 Å². The van der Waals surface area contributed by atoms with E-state index in [1.165, 1.54) is 24.0 Å². The van der Waals surface area contributed by atoms with Crippen LogP contribution in [0.3, 0.4) is 0 Å². The lowest BCUT2D eigenvalue weighted by Crippen LogP contribution is -1.74. The van der Waals surface area contributed by atoms with Crippen LogP contribution in [0, 0.1) is 13.8 Å². The monoisotopic (exact) mass is 178 g/mol. The van der Waals surface area contributed by atoms with Gasteiger partial charge in [0.05, 0.1) is 0 Å². The quantitative estimate of drug-likeness (QED) is 0.593. The number of aryl methyl sites for hydroxylation is 2. The van der Waals surface area contributed by atoms with Crippen molar-refractivity contribution >= 4 is 0 Å². The first-order valence-electron chi connectivity index (χ1n) is 4.90. The third-order valence-corrected chi connectivity index (χ3v) is 2.25. The van der Waals surface area contributed by atoms with Crippen molar-refractivity contribution in [2.24, 2.45) is 0 Å². The summed E-state index contributed by atoms with van der Waals surface area (Å²) >= 11 is 0. The molecule has 2 rings (SSSR count). The Morgan fingerprint density at radius 3 is 1.62 bits per heavy atom. The smallest absolute Gasteiger partial charge is 0.0466 e. The summed E-state index contributed by atoms with van der Waals surface area (Å²) in [4.78, 5) is 0. The van der Waals surface area contributed by atoms with E-state index < -0.39 is 0 Å². The second kappa shape index (κ2) is 5.76. The lowest BCUT2D eigenvalue weighted by atomic mass is 10.1. The number of hydrogen-bond acceptors (Lipinski definition) is 1. The van der Waals surface area contributed by atoms with E-state index in [9.17, 15) is 0 Å². The van der Waals surface area contributed by atoms with Gasteiger partial charge in [-0.1, -0.05) is 24.3 Å². The number of hydrogen-bond donors (Lipinski definition) is 0. The van der Waals surface area contributed by atoms with Crippen molar-refractivity contribution in [1.82, 2.24) is 0 Å². The van der Waals surface area contributed by atoms with Crippen LogP contribution in [0.15, 0.2) is 24.3 Å². The maximum atomic E-state index is 4.94. The molecule has 0 aromatic heterocycles. The lowest BCUT2D eigenvalue weighted by molar-refractivity contribution is 0.198. The van der Waals surface area contributed by atoms with E-state index in [0.29, 0.717) is 0 Å². The Kier molecular flexibility index (Phi) is 4.55. The zero-order valence-corrected chi connectivity index (χ0v) is 8.55. The summed E-state index contributed by atoms with van der Waals surface area (Å²) in [6.07, 6.45) is 2.56. The molecule has 0 spiro atoms. The average molecular weight is 178 g/mol. The molecule has 72 valence electrons. The fraction of sp³-hybridized carbons (Fsp3) is 0.500. The summed E-state index contributed by atoms with van der Waals surface area (Å²) in [5.41, 5.74) is 2.74. The zero-order chi connectivity index (χ0) is 9.52. The van der Waals surface area contributed by atoms with Gasteiger partial charge in [-0.3, -0.25) is 0 Å². The Morgan fingerprint density at radius 1 is 0.923 bits per heavy atom. The molecule has 0 unspecified atom stereocenters. The van der Waals surface area contributed by atoms with E-state index in [1.807, 2.05) is 0 Å². The molecule has 1 fully saturated rings. The Bertz CT molecular complexity index is 210. The Hall–Kier alpha value is -0.820. The minimum Gasteiger partial charge on any atom is -0.381 e. The highest BCUT2D eigenvalue weighted by atomic mass is 16.5. The Balaban J connectivity index is 0.000000145. The van der Waals surface area contributed by atoms with Crippen LogP contribution >= 0.6 is 0 Å². The van der Waals surface area contributed by atoms with Gasteiger partial charge >= 0.3 is 0 Å². The molecule has 0 bridgehead atoms. The maximum Gasteiger partial charge on any atom is 0.0466 e. The first kappa shape index (κ1) is 10.3. The Morgan fingerprint density at radius 2 is 1.38 bits per heavy atom. The first-order valence-corrected chi connectivity index (χ1v) is 4.90. The molecule has 1 aliphatic rings. The van der Waals surface area contributed by atoms with E-state index in [2.05, 4.69) is 38.1 Å². The number of ether oxygens (including phenoxy) is 1. The van der Waals surface area contributed by atoms with Gasteiger partial charge in [0.2, 0.25) is 0 Å². The van der Waals surface area contributed by atoms with Crippen molar-refractivity contribution in [2.75, 3.05) is 13.2 Å². The van der Waals surface area contributed by atoms with Crippen molar-refractivity contribution in [1.29, 1.82) is 0 Å². The van der Waals surface area contributed by atoms with E-state index >= 15 is 0 Å². The lowest BCUT2D eigenvalue weighted by Gasteiger charge is -1.93. The van der Waals surface area contributed by atoms with Crippen LogP contribution in [0.25, 0.3) is 0 Å². The molecule has 0 aliphatic carbocycles. The summed E-state index contributed by atoms with van der Waals surface area (Å²) < 4.78 is 4.94. The number of benzene rings is 1. The van der Waals surface area contributed by atoms with Crippen molar-refractivity contribution in [3.05, 3.63) is 35.4 Å². The van der Waals surface area contributed by atoms with Gasteiger partial charge in [0.1, 0.15) is 0 Å². The molecule has 0 atom stereocenters. The third kappa shape index (κ3) is 4.09. The summed E-state index contributed by atoms with van der Waals surface area (Å²) in [5.74, 6) is 0. The molecule has 0 amide bonds. The molecule has 1 aliphatic heterocycles. The van der Waals surface area contributed by atoms with E-state index in [0.717, 1.165) is 13.2 Å². The molecule has 1 aromatic carbocycles. The molecular weight excluding hydrogens is 160 g/mol. The van der Waals surface area contributed by atoms with E-state index in [1.54, 1.807) is 0 Å². The standard InChI is InChI=1S/C8H10.C4H8O/c1-7-5-3-4-6-8(7)2;1-2-4-5-3-1/h3-6H,1-2H3;1-4H2. The highest BCUT2D eigenvalue weighted by molar-refractivity contribution is 5.23. The van der Waals surface area contributed by atoms with Crippen LogP contribution in [-0.4, -0.2) is 13.2 Å². The minimum atomic E-state index is 1.00. The molecule has 0 saturated carbocycles. The molecule has 1 heterocycles. The van der Waals surface area contributed by atoms with Gasteiger partial charge in [0.25, 0.3) is 0 Å². The molecule has 1 saturated heterocycles. The van der Waals surface area contributed by atoms with Crippen molar-refractivity contribution < 1.29 is 4.74 Å². The van der Waals surface area contributed by atoms with Crippen LogP contribution in [-0.2, 0) is 4.74 Å². The summed E-state index contributed by atoms with van der Waals surface area (Å²) in [5, 5.41) is 0. The number of rotatable bonds is 0. The fourth-order valence-electron chi connectivity index (χ4n) is 1.17. The van der Waals surface area contributed by atoms with Crippen molar-refractivity contribution in [2.45, 2.75) is 26.7 Å². The molecule has 0 radical (unpaired) electrons. The van der Waals surface area contributed by atoms with Gasteiger partial charge in [-0.15, -0.1) is 0 Å². The Labute approximate surface area is 80.7 Å². The molecule has 0 N–H and O–H groups in total. The normalized spacial score (nSPS) is 14.9. The molecular formula is C12H18O. The topological polar surface area (TPSA) is 9.23 Å². The van der Waals surface area contributed by atoms with Crippen LogP contribution in [0.1, 0.15) is 24.0 Å². The highest BCUT2D eigenvalue weighted by Gasteiger charge is 1.94. The molecule has 1 nitrogen and oxygen atoms in total. The first-order chi connectivity index (χ1) is 6.30. The molecule has 13 heavy (non-hydrogen) atoms. The summed E-state index contributed by atoms with van der Waals surface area (Å²) in [7, 11) is 0. The summed E-state index contributed by atoms with van der Waals surface area (Å²) in [6.45, 7) is 6.24. The van der Waals surface area contributed by atoms with Gasteiger partial charge in [-0.25, -0.2) is 0 Å². The maximum absolute atomic E-state index is 4.94. The second-order valence-electron chi connectivity index (χ2n) is 3.40. The zero-order valence-electron chi connectivity index (χ0n) is 8.55. The van der Waals surface area contributed by atoms with Crippen LogP contribution in [0.4, 0.5) is 0 Å². The predicted molar refractivity (Wildman–Crippen MR) is 56.0 cm³/mol. The van der Waals surface area contributed by atoms with Crippen LogP contribution < -0.4 is 0 Å². The van der Waals surface area contributed by atoms with Crippen LogP contribution in [0.5, 0.6) is 0 Å². The third-order valence-electron chi connectivity index (χ3n) is 2.25. The van der Waals surface area contributed by atoms with Gasteiger partial charge < -0.3 is 4.74 Å². The highest BCUT2D eigenvalue weighted by Crippen LogP contribution is 2.02.